The van der Waals surface area contributed by atoms with Crippen LogP contribution in [0.25, 0.3) is 0 Å². The molecule has 1 aliphatic rings. The van der Waals surface area contributed by atoms with Gasteiger partial charge < -0.3 is 10.1 Å². The lowest BCUT2D eigenvalue weighted by Crippen LogP contribution is -2.36. The van der Waals surface area contributed by atoms with Crippen molar-refractivity contribution in [1.82, 2.24) is 10.2 Å². The quantitative estimate of drug-likeness (QED) is 0.400. The van der Waals surface area contributed by atoms with E-state index in [0.717, 1.165) is 17.7 Å². The van der Waals surface area contributed by atoms with Crippen molar-refractivity contribution in [3.8, 4) is 0 Å². The van der Waals surface area contributed by atoms with E-state index in [1.165, 1.54) is 24.3 Å². The number of carbonyl (C=O) groups excluding carboxylic acids is 4. The Balaban J connectivity index is 1.94. The van der Waals surface area contributed by atoms with Crippen molar-refractivity contribution in [2.75, 3.05) is 13.2 Å². The number of hydrogen-bond donors (Lipinski definition) is 1. The molecule has 1 aromatic carbocycles. The highest BCUT2D eigenvalue weighted by Gasteiger charge is 2.35. The molecule has 0 aromatic heterocycles. The Kier molecular flexibility index (Phi) is 7.09. The molecule has 0 saturated heterocycles. The minimum atomic E-state index is -0.727. The molecule has 1 N–H and O–H groups in total. The predicted molar refractivity (Wildman–Crippen MR) is 104 cm³/mol. The fraction of sp³-hybridized carbons (Fsp3) is 0.429. The minimum Gasteiger partial charge on any atom is -0.452 e. The molecule has 150 valence electrons. The maximum absolute atomic E-state index is 12.3. The zero-order valence-electron chi connectivity index (χ0n) is 16.5. The lowest BCUT2D eigenvalue weighted by molar-refractivity contribution is -0.124. The Morgan fingerprint density at radius 3 is 2.46 bits per heavy atom. The molecule has 0 spiro atoms. The Hall–Kier alpha value is -2.96. The third-order valence-corrected chi connectivity index (χ3v) is 4.44. The summed E-state index contributed by atoms with van der Waals surface area (Å²) in [7, 11) is 0. The van der Waals surface area contributed by atoms with Crippen LogP contribution in [0.1, 0.15) is 64.7 Å². The summed E-state index contributed by atoms with van der Waals surface area (Å²) < 4.78 is 5.04. The second-order valence-electron chi connectivity index (χ2n) is 7.29. The molecule has 7 nitrogen and oxygen atoms in total. The summed E-state index contributed by atoms with van der Waals surface area (Å²) in [6.07, 6.45) is 3.29. The van der Waals surface area contributed by atoms with Crippen LogP contribution in [0.2, 0.25) is 0 Å². The summed E-state index contributed by atoms with van der Waals surface area (Å²) in [4.78, 5) is 49.7. The van der Waals surface area contributed by atoms with E-state index < -0.39 is 24.4 Å². The second-order valence-corrected chi connectivity index (χ2v) is 7.29. The molecule has 1 heterocycles. The maximum Gasteiger partial charge on any atom is 0.338 e. The average Bonchev–Trinajstić information content (AvgIpc) is 2.89. The van der Waals surface area contributed by atoms with E-state index >= 15 is 0 Å². The van der Waals surface area contributed by atoms with E-state index in [1.54, 1.807) is 0 Å². The fourth-order valence-electron chi connectivity index (χ4n) is 2.90. The molecule has 3 amide bonds. The first-order valence-electron chi connectivity index (χ1n) is 9.32. The third kappa shape index (κ3) is 5.06. The van der Waals surface area contributed by atoms with Gasteiger partial charge in [-0.25, -0.2) is 4.79 Å². The molecular formula is C21H26N2O5. The summed E-state index contributed by atoms with van der Waals surface area (Å²) in [6.45, 7) is 9.35. The zero-order chi connectivity index (χ0) is 20.8. The molecule has 0 fully saturated rings. The SMILES string of the molecule is C=CCN1C(=O)c2ccc(C(=O)OCC(=O)N[C@@H](C)CCC(C)C)cc2C1=O. The molecule has 0 radical (unpaired) electrons. The summed E-state index contributed by atoms with van der Waals surface area (Å²) in [6, 6.07) is 4.15. The number of esters is 1. The lowest BCUT2D eigenvalue weighted by Gasteiger charge is -2.15. The van der Waals surface area contributed by atoms with Gasteiger partial charge in [0.1, 0.15) is 0 Å². The number of fused-ring (bicyclic) bond motifs is 1. The molecule has 7 heteroatoms. The number of amides is 3. The Morgan fingerprint density at radius 1 is 1.14 bits per heavy atom. The molecule has 1 atom stereocenters. The fourth-order valence-corrected chi connectivity index (χ4v) is 2.90. The monoisotopic (exact) mass is 386 g/mol. The Bertz CT molecular complexity index is 800. The molecule has 1 aliphatic heterocycles. The van der Waals surface area contributed by atoms with Crippen LogP contribution in [0.3, 0.4) is 0 Å². The van der Waals surface area contributed by atoms with Crippen molar-refractivity contribution < 1.29 is 23.9 Å². The van der Waals surface area contributed by atoms with Gasteiger partial charge in [-0.1, -0.05) is 19.9 Å². The van der Waals surface area contributed by atoms with Crippen molar-refractivity contribution in [2.45, 2.75) is 39.7 Å². The largest absolute Gasteiger partial charge is 0.452 e. The highest BCUT2D eigenvalue weighted by atomic mass is 16.5. The summed E-state index contributed by atoms with van der Waals surface area (Å²) in [5.41, 5.74) is 0.495. The summed E-state index contributed by atoms with van der Waals surface area (Å²) >= 11 is 0. The molecule has 0 saturated carbocycles. The molecule has 2 rings (SSSR count). The number of rotatable bonds is 9. The van der Waals surface area contributed by atoms with Gasteiger partial charge in [0.25, 0.3) is 17.7 Å². The number of ether oxygens (including phenoxy) is 1. The van der Waals surface area contributed by atoms with Gasteiger partial charge in [0.05, 0.1) is 16.7 Å². The van der Waals surface area contributed by atoms with Crippen molar-refractivity contribution >= 4 is 23.7 Å². The number of benzene rings is 1. The molecule has 1 aromatic rings. The number of nitrogens with one attached hydrogen (secondary N) is 1. The van der Waals surface area contributed by atoms with Crippen LogP contribution in [-0.2, 0) is 9.53 Å². The average molecular weight is 386 g/mol. The lowest BCUT2D eigenvalue weighted by atomic mass is 10.0. The topological polar surface area (TPSA) is 92.8 Å². The van der Waals surface area contributed by atoms with E-state index in [2.05, 4.69) is 25.7 Å². The van der Waals surface area contributed by atoms with E-state index in [1.807, 2.05) is 6.92 Å². The van der Waals surface area contributed by atoms with Gasteiger partial charge in [0.2, 0.25) is 0 Å². The van der Waals surface area contributed by atoms with Crippen LogP contribution in [0, 0.1) is 5.92 Å². The van der Waals surface area contributed by atoms with Crippen molar-refractivity contribution in [2.24, 2.45) is 5.92 Å². The Morgan fingerprint density at radius 2 is 1.82 bits per heavy atom. The molecular weight excluding hydrogens is 360 g/mol. The highest BCUT2D eigenvalue weighted by Crippen LogP contribution is 2.24. The van der Waals surface area contributed by atoms with E-state index in [9.17, 15) is 19.2 Å². The second kappa shape index (κ2) is 9.30. The van der Waals surface area contributed by atoms with Crippen LogP contribution in [0.5, 0.6) is 0 Å². The van der Waals surface area contributed by atoms with Crippen LogP contribution in [0.15, 0.2) is 30.9 Å². The first kappa shape index (κ1) is 21.3. The van der Waals surface area contributed by atoms with Gasteiger partial charge >= 0.3 is 5.97 Å². The van der Waals surface area contributed by atoms with Crippen molar-refractivity contribution in [1.29, 1.82) is 0 Å². The van der Waals surface area contributed by atoms with Crippen molar-refractivity contribution in [3.05, 3.63) is 47.5 Å². The smallest absolute Gasteiger partial charge is 0.338 e. The van der Waals surface area contributed by atoms with Crippen LogP contribution >= 0.6 is 0 Å². The van der Waals surface area contributed by atoms with Gasteiger partial charge in [-0.05, 0) is 43.9 Å². The standard InChI is InChI=1S/C21H26N2O5/c1-5-10-23-19(25)16-9-8-15(11-17(16)20(23)26)21(27)28-12-18(24)22-14(4)7-6-13(2)3/h5,8-9,11,13-14H,1,6-7,10,12H2,2-4H3,(H,22,24)/t14-/m0/s1. The Labute approximate surface area is 164 Å². The van der Waals surface area contributed by atoms with Crippen LogP contribution in [-0.4, -0.2) is 47.8 Å². The summed E-state index contributed by atoms with van der Waals surface area (Å²) in [5, 5.41) is 2.79. The summed E-state index contributed by atoms with van der Waals surface area (Å²) in [5.74, 6) is -1.46. The molecule has 0 bridgehead atoms. The first-order valence-corrected chi connectivity index (χ1v) is 9.32. The third-order valence-electron chi connectivity index (χ3n) is 4.44. The van der Waals surface area contributed by atoms with Crippen LogP contribution < -0.4 is 5.32 Å². The van der Waals surface area contributed by atoms with Crippen LogP contribution in [0.4, 0.5) is 0 Å². The predicted octanol–water partition coefficient (Wildman–Crippen LogP) is 2.57. The normalized spacial score (nSPS) is 14.1. The molecule has 0 aliphatic carbocycles. The highest BCUT2D eigenvalue weighted by molar-refractivity contribution is 6.22. The number of carbonyl (C=O) groups is 4. The van der Waals surface area contributed by atoms with Gasteiger partial charge in [0.15, 0.2) is 6.61 Å². The molecule has 28 heavy (non-hydrogen) atoms. The van der Waals surface area contributed by atoms with Gasteiger partial charge in [-0.3, -0.25) is 19.3 Å². The van der Waals surface area contributed by atoms with Gasteiger partial charge in [-0.2, -0.15) is 0 Å². The van der Waals surface area contributed by atoms with Crippen molar-refractivity contribution in [3.63, 3.8) is 0 Å². The number of hydrogen-bond acceptors (Lipinski definition) is 5. The van der Waals surface area contributed by atoms with E-state index in [0.29, 0.717) is 5.92 Å². The van der Waals surface area contributed by atoms with E-state index in [-0.39, 0.29) is 35.2 Å². The number of nitrogens with zero attached hydrogens (tertiary/aromatic N) is 1. The number of imide groups is 1. The molecule has 0 unspecified atom stereocenters. The first-order chi connectivity index (χ1) is 13.2. The zero-order valence-corrected chi connectivity index (χ0v) is 16.5. The minimum absolute atomic E-state index is 0.00641. The maximum atomic E-state index is 12.3. The van der Waals surface area contributed by atoms with Gasteiger partial charge in [0, 0.05) is 12.6 Å². The van der Waals surface area contributed by atoms with Gasteiger partial charge in [-0.15, -0.1) is 6.58 Å². The van der Waals surface area contributed by atoms with E-state index in [4.69, 9.17) is 4.74 Å².